The number of carbonyl (C=O) groups is 1. The highest BCUT2D eigenvalue weighted by molar-refractivity contribution is 6.73. The van der Waals surface area contributed by atoms with Gasteiger partial charge in [0.25, 0.3) is 0 Å². The molecule has 3 nitrogen and oxygen atoms in total. The van der Waals surface area contributed by atoms with Gasteiger partial charge >= 0.3 is 0 Å². The zero-order chi connectivity index (χ0) is 14.1. The summed E-state index contributed by atoms with van der Waals surface area (Å²) in [5.41, 5.74) is 0.665. The van der Waals surface area contributed by atoms with Gasteiger partial charge in [-0.3, -0.25) is 4.79 Å². The molecule has 0 atom stereocenters. The summed E-state index contributed by atoms with van der Waals surface area (Å²) in [5.74, 6) is 0.783. The summed E-state index contributed by atoms with van der Waals surface area (Å²) < 4.78 is 11.7. The van der Waals surface area contributed by atoms with E-state index in [1.807, 2.05) is 12.1 Å². The molecule has 4 heteroatoms. The van der Waals surface area contributed by atoms with Crippen LogP contribution < -0.4 is 4.74 Å². The summed E-state index contributed by atoms with van der Waals surface area (Å²) in [6.07, 6.45) is 0.830. The standard InChI is InChI=1S/C15H24O3Si/c1-4-19(5-2,6-3)18-12-11-17-15-9-7-14(13-16)8-10-15/h7-10,13H,4-6,11-12H2,1-3H3. The van der Waals surface area contributed by atoms with Crippen LogP contribution in [-0.2, 0) is 4.43 Å². The summed E-state index contributed by atoms with van der Waals surface area (Å²) in [7, 11) is -1.50. The van der Waals surface area contributed by atoms with Crippen LogP contribution in [0.5, 0.6) is 5.75 Å². The maximum atomic E-state index is 10.5. The first kappa shape index (κ1) is 15.9. The van der Waals surface area contributed by atoms with Crippen LogP contribution in [-0.4, -0.2) is 27.8 Å². The fourth-order valence-corrected chi connectivity index (χ4v) is 4.75. The second-order valence-electron chi connectivity index (χ2n) is 4.63. The van der Waals surface area contributed by atoms with Gasteiger partial charge in [-0.05, 0) is 42.4 Å². The Morgan fingerprint density at radius 2 is 1.58 bits per heavy atom. The monoisotopic (exact) mass is 280 g/mol. The van der Waals surface area contributed by atoms with E-state index in [0.717, 1.165) is 30.2 Å². The van der Waals surface area contributed by atoms with E-state index >= 15 is 0 Å². The molecule has 0 aliphatic carbocycles. The van der Waals surface area contributed by atoms with Gasteiger partial charge in [0.15, 0.2) is 8.32 Å². The minimum atomic E-state index is -1.50. The molecule has 0 heterocycles. The largest absolute Gasteiger partial charge is 0.491 e. The van der Waals surface area contributed by atoms with Crippen molar-refractivity contribution in [3.05, 3.63) is 29.8 Å². The number of aldehydes is 1. The Bertz CT molecular complexity index is 363. The molecule has 0 saturated heterocycles. The number of carbonyl (C=O) groups excluding carboxylic acids is 1. The number of hydrogen-bond donors (Lipinski definition) is 0. The van der Waals surface area contributed by atoms with E-state index in [1.54, 1.807) is 12.1 Å². The molecule has 0 amide bonds. The smallest absolute Gasteiger partial charge is 0.192 e. The molecule has 19 heavy (non-hydrogen) atoms. The molecule has 1 aromatic rings. The van der Waals surface area contributed by atoms with E-state index in [-0.39, 0.29) is 0 Å². The van der Waals surface area contributed by atoms with E-state index < -0.39 is 8.32 Å². The second kappa shape index (κ2) is 8.12. The first-order valence-electron chi connectivity index (χ1n) is 7.01. The van der Waals surface area contributed by atoms with E-state index in [9.17, 15) is 4.79 Å². The molecule has 0 spiro atoms. The normalized spacial score (nSPS) is 11.3. The van der Waals surface area contributed by atoms with Crippen molar-refractivity contribution in [3.8, 4) is 5.75 Å². The lowest BCUT2D eigenvalue weighted by Crippen LogP contribution is -2.37. The van der Waals surface area contributed by atoms with E-state index in [2.05, 4.69) is 20.8 Å². The molecule has 0 N–H and O–H groups in total. The van der Waals surface area contributed by atoms with Crippen LogP contribution in [0.15, 0.2) is 24.3 Å². The van der Waals surface area contributed by atoms with Gasteiger partial charge in [0.2, 0.25) is 0 Å². The lowest BCUT2D eigenvalue weighted by molar-refractivity contribution is 0.112. The van der Waals surface area contributed by atoms with Gasteiger partial charge < -0.3 is 9.16 Å². The van der Waals surface area contributed by atoms with Crippen LogP contribution in [0.4, 0.5) is 0 Å². The van der Waals surface area contributed by atoms with Crippen molar-refractivity contribution in [1.82, 2.24) is 0 Å². The molecule has 0 radical (unpaired) electrons. The molecule has 0 aromatic heterocycles. The van der Waals surface area contributed by atoms with Crippen molar-refractivity contribution < 1.29 is 14.0 Å². The van der Waals surface area contributed by atoms with Crippen molar-refractivity contribution in [2.75, 3.05) is 13.2 Å². The summed E-state index contributed by atoms with van der Waals surface area (Å²) in [4.78, 5) is 10.5. The fourth-order valence-electron chi connectivity index (χ4n) is 2.12. The van der Waals surface area contributed by atoms with Crippen molar-refractivity contribution in [3.63, 3.8) is 0 Å². The maximum absolute atomic E-state index is 10.5. The SMILES string of the molecule is CC[Si](CC)(CC)OCCOc1ccc(C=O)cc1. The molecule has 0 saturated carbocycles. The van der Waals surface area contributed by atoms with Crippen LogP contribution in [0.25, 0.3) is 0 Å². The van der Waals surface area contributed by atoms with Gasteiger partial charge in [0.05, 0.1) is 6.61 Å². The Morgan fingerprint density at radius 1 is 1.00 bits per heavy atom. The lowest BCUT2D eigenvalue weighted by atomic mass is 10.2. The van der Waals surface area contributed by atoms with Crippen LogP contribution in [0.1, 0.15) is 31.1 Å². The maximum Gasteiger partial charge on any atom is 0.192 e. The quantitative estimate of drug-likeness (QED) is 0.391. The molecule has 106 valence electrons. The molecule has 0 aliphatic rings. The molecule has 1 aromatic carbocycles. The highest BCUT2D eigenvalue weighted by atomic mass is 28.4. The average Bonchev–Trinajstić information content (AvgIpc) is 2.49. The molecule has 0 aliphatic heterocycles. The Morgan fingerprint density at radius 3 is 2.05 bits per heavy atom. The summed E-state index contributed by atoms with van der Waals surface area (Å²) in [6, 6.07) is 10.6. The van der Waals surface area contributed by atoms with Gasteiger partial charge in [-0.25, -0.2) is 0 Å². The van der Waals surface area contributed by atoms with Gasteiger partial charge in [-0.2, -0.15) is 0 Å². The van der Waals surface area contributed by atoms with Crippen LogP contribution in [0.3, 0.4) is 0 Å². The topological polar surface area (TPSA) is 35.5 Å². The Balaban J connectivity index is 2.35. The minimum Gasteiger partial charge on any atom is -0.491 e. The predicted octanol–water partition coefficient (Wildman–Crippen LogP) is 3.90. The van der Waals surface area contributed by atoms with Crippen molar-refractivity contribution in [1.29, 1.82) is 0 Å². The molecule has 1 rings (SSSR count). The van der Waals surface area contributed by atoms with Crippen LogP contribution in [0.2, 0.25) is 18.1 Å². The van der Waals surface area contributed by atoms with E-state index in [0.29, 0.717) is 18.8 Å². The summed E-state index contributed by atoms with van der Waals surface area (Å²) in [6.45, 7) is 7.88. The van der Waals surface area contributed by atoms with Crippen LogP contribution >= 0.6 is 0 Å². The van der Waals surface area contributed by atoms with Crippen molar-refractivity contribution >= 4 is 14.6 Å². The van der Waals surface area contributed by atoms with Gasteiger partial charge in [0.1, 0.15) is 18.6 Å². The Labute approximate surface area is 117 Å². The predicted molar refractivity (Wildman–Crippen MR) is 80.5 cm³/mol. The Hall–Kier alpha value is -1.13. The highest BCUT2D eigenvalue weighted by Gasteiger charge is 2.28. The molecule has 0 bridgehead atoms. The zero-order valence-electron chi connectivity index (χ0n) is 12.1. The Kier molecular flexibility index (Phi) is 6.81. The third-order valence-corrected chi connectivity index (χ3v) is 8.39. The first-order valence-corrected chi connectivity index (χ1v) is 9.54. The molecular formula is C15H24O3Si. The average molecular weight is 280 g/mol. The minimum absolute atomic E-state index is 0.565. The number of rotatable bonds is 9. The first-order chi connectivity index (χ1) is 9.19. The van der Waals surface area contributed by atoms with E-state index in [1.165, 1.54) is 0 Å². The van der Waals surface area contributed by atoms with Crippen LogP contribution in [0, 0.1) is 0 Å². The fraction of sp³-hybridized carbons (Fsp3) is 0.533. The number of ether oxygens (including phenoxy) is 1. The third kappa shape index (κ3) is 4.80. The summed E-state index contributed by atoms with van der Waals surface area (Å²) >= 11 is 0. The third-order valence-electron chi connectivity index (χ3n) is 3.71. The number of benzene rings is 1. The number of hydrogen-bond acceptors (Lipinski definition) is 3. The van der Waals surface area contributed by atoms with E-state index in [4.69, 9.17) is 9.16 Å². The van der Waals surface area contributed by atoms with Gasteiger partial charge in [0, 0.05) is 5.56 Å². The van der Waals surface area contributed by atoms with Gasteiger partial charge in [-0.1, -0.05) is 20.8 Å². The van der Waals surface area contributed by atoms with Crippen molar-refractivity contribution in [2.24, 2.45) is 0 Å². The van der Waals surface area contributed by atoms with Gasteiger partial charge in [-0.15, -0.1) is 0 Å². The second-order valence-corrected chi connectivity index (χ2v) is 9.40. The highest BCUT2D eigenvalue weighted by Crippen LogP contribution is 2.21. The summed E-state index contributed by atoms with van der Waals surface area (Å²) in [5, 5.41) is 0. The molecule has 0 fully saturated rings. The lowest BCUT2D eigenvalue weighted by Gasteiger charge is -2.27. The zero-order valence-corrected chi connectivity index (χ0v) is 13.1. The molecule has 0 unspecified atom stereocenters. The molecular weight excluding hydrogens is 256 g/mol. The van der Waals surface area contributed by atoms with Crippen molar-refractivity contribution in [2.45, 2.75) is 38.9 Å².